The van der Waals surface area contributed by atoms with Gasteiger partial charge in [-0.1, -0.05) is 0 Å². The number of nitrogens with one attached hydrogen (secondary N) is 1. The number of hydrogen-bond donors (Lipinski definition) is 1. The van der Waals surface area contributed by atoms with Gasteiger partial charge in [-0.3, -0.25) is 9.59 Å². The molecule has 0 saturated heterocycles. The van der Waals surface area contributed by atoms with Crippen LogP contribution in [0.3, 0.4) is 0 Å². The van der Waals surface area contributed by atoms with Crippen LogP contribution < -0.4 is 14.8 Å². The highest BCUT2D eigenvalue weighted by molar-refractivity contribution is 7.12. The van der Waals surface area contributed by atoms with Gasteiger partial charge >= 0.3 is 0 Å². The van der Waals surface area contributed by atoms with E-state index >= 15 is 0 Å². The summed E-state index contributed by atoms with van der Waals surface area (Å²) in [5.41, 5.74) is 1.75. The number of ether oxygens (including phenoxy) is 2. The first kappa shape index (κ1) is 21.0. The zero-order valence-electron chi connectivity index (χ0n) is 16.5. The Hall–Kier alpha value is -2.34. The Morgan fingerprint density at radius 2 is 1.93 bits per heavy atom. The Kier molecular flexibility index (Phi) is 7.42. The zero-order valence-corrected chi connectivity index (χ0v) is 17.4. The highest BCUT2D eigenvalue weighted by Crippen LogP contribution is 2.28. The van der Waals surface area contributed by atoms with Crippen molar-refractivity contribution in [2.75, 3.05) is 13.7 Å². The zero-order chi connectivity index (χ0) is 20.0. The number of aryl methyl sites for hydroxylation is 2. The van der Waals surface area contributed by atoms with Crippen molar-refractivity contribution in [2.45, 2.75) is 46.6 Å². The van der Waals surface area contributed by atoms with Crippen molar-refractivity contribution in [3.63, 3.8) is 0 Å². The van der Waals surface area contributed by atoms with E-state index in [9.17, 15) is 9.59 Å². The van der Waals surface area contributed by atoms with E-state index in [1.807, 2.05) is 6.92 Å². The summed E-state index contributed by atoms with van der Waals surface area (Å²) < 4.78 is 11.0. The number of methoxy groups -OCH3 is 1. The molecule has 6 heteroatoms. The van der Waals surface area contributed by atoms with E-state index < -0.39 is 0 Å². The highest BCUT2D eigenvalue weighted by atomic mass is 32.1. The maximum Gasteiger partial charge on any atom is 0.220 e. The van der Waals surface area contributed by atoms with E-state index in [1.54, 1.807) is 29.5 Å². The molecule has 0 radical (unpaired) electrons. The van der Waals surface area contributed by atoms with Crippen molar-refractivity contribution in [1.82, 2.24) is 5.32 Å². The minimum atomic E-state index is -0.0262. The molecule has 146 valence electrons. The lowest BCUT2D eigenvalue weighted by Crippen LogP contribution is -2.26. The first-order valence-corrected chi connectivity index (χ1v) is 9.81. The van der Waals surface area contributed by atoms with Gasteiger partial charge in [0.2, 0.25) is 5.91 Å². The first-order chi connectivity index (χ1) is 12.8. The predicted molar refractivity (Wildman–Crippen MR) is 108 cm³/mol. The number of Topliss-reactive ketones (excluding diaryl/α,β-unsaturated/α-hetero) is 1. The normalized spacial score (nSPS) is 11.7. The van der Waals surface area contributed by atoms with Gasteiger partial charge in [-0.15, -0.1) is 11.3 Å². The molecule has 2 rings (SSSR count). The fourth-order valence-corrected chi connectivity index (χ4v) is 3.91. The average molecular weight is 390 g/mol. The minimum Gasteiger partial charge on any atom is -0.493 e. The first-order valence-electron chi connectivity index (χ1n) is 9.00. The smallest absolute Gasteiger partial charge is 0.220 e. The minimum absolute atomic E-state index is 0.00240. The lowest BCUT2D eigenvalue weighted by atomic mass is 10.1. The summed E-state index contributed by atoms with van der Waals surface area (Å²) in [6.07, 6.45) is 0.984. The molecule has 1 amide bonds. The Morgan fingerprint density at radius 1 is 1.19 bits per heavy atom. The Morgan fingerprint density at radius 3 is 2.52 bits per heavy atom. The van der Waals surface area contributed by atoms with Crippen LogP contribution in [0.4, 0.5) is 0 Å². The molecule has 1 aromatic carbocycles. The Bertz CT molecular complexity index is 813. The van der Waals surface area contributed by atoms with Crippen LogP contribution in [0.2, 0.25) is 0 Å². The third kappa shape index (κ3) is 5.82. The van der Waals surface area contributed by atoms with Gasteiger partial charge < -0.3 is 14.8 Å². The molecule has 1 atom stereocenters. The van der Waals surface area contributed by atoms with Gasteiger partial charge in [0.05, 0.1) is 19.8 Å². The molecule has 27 heavy (non-hydrogen) atoms. The second-order valence-corrected chi connectivity index (χ2v) is 7.99. The van der Waals surface area contributed by atoms with Crippen LogP contribution >= 0.6 is 11.3 Å². The summed E-state index contributed by atoms with van der Waals surface area (Å²) in [6.45, 7) is 8.06. The molecule has 0 spiro atoms. The van der Waals surface area contributed by atoms with Gasteiger partial charge in [0, 0.05) is 21.7 Å². The van der Waals surface area contributed by atoms with Gasteiger partial charge in [-0.25, -0.2) is 0 Å². The van der Waals surface area contributed by atoms with Crippen molar-refractivity contribution >= 4 is 23.0 Å². The fourth-order valence-electron chi connectivity index (χ4n) is 2.89. The van der Waals surface area contributed by atoms with Crippen molar-refractivity contribution in [3.8, 4) is 11.5 Å². The summed E-state index contributed by atoms with van der Waals surface area (Å²) in [4.78, 5) is 26.1. The average Bonchev–Trinajstić information content (AvgIpc) is 2.96. The molecular weight excluding hydrogens is 362 g/mol. The van der Waals surface area contributed by atoms with Crippen LogP contribution in [-0.4, -0.2) is 25.4 Å². The number of hydrogen-bond acceptors (Lipinski definition) is 5. The highest BCUT2D eigenvalue weighted by Gasteiger charge is 2.14. The number of rotatable bonds is 9. The van der Waals surface area contributed by atoms with Gasteiger partial charge in [-0.05, 0) is 63.9 Å². The molecule has 0 saturated carbocycles. The molecule has 0 aliphatic rings. The standard InChI is InChI=1S/C21H27NO4S/c1-13-11-18(16(4)27-13)14(2)22-21(24)7-6-10-26-19-9-8-17(15(3)23)12-20(19)25-5/h8-9,11-12,14H,6-7,10H2,1-5H3,(H,22,24)/t14-/m0/s1. The SMILES string of the molecule is COc1cc(C(C)=O)ccc1OCCCC(=O)N[C@@H](C)c1cc(C)sc1C. The number of carbonyl (C=O) groups is 2. The molecule has 1 N–H and O–H groups in total. The van der Waals surface area contributed by atoms with E-state index in [0.29, 0.717) is 36.5 Å². The summed E-state index contributed by atoms with van der Waals surface area (Å²) in [5, 5.41) is 3.04. The lowest BCUT2D eigenvalue weighted by Gasteiger charge is -2.14. The Labute approximate surface area is 164 Å². The summed E-state index contributed by atoms with van der Waals surface area (Å²) in [7, 11) is 1.54. The molecule has 0 bridgehead atoms. The summed E-state index contributed by atoms with van der Waals surface area (Å²) in [6, 6.07) is 7.23. The van der Waals surface area contributed by atoms with Gasteiger partial charge in [0.15, 0.2) is 17.3 Å². The Balaban J connectivity index is 1.80. The molecule has 1 aromatic heterocycles. The van der Waals surface area contributed by atoms with Gasteiger partial charge in [-0.2, -0.15) is 0 Å². The summed E-state index contributed by atoms with van der Waals surface area (Å²) >= 11 is 1.75. The number of ketones is 1. The molecular formula is C21H27NO4S. The number of thiophene rings is 1. The van der Waals surface area contributed by atoms with E-state index in [2.05, 4.69) is 25.2 Å². The van der Waals surface area contributed by atoms with Crippen molar-refractivity contribution in [3.05, 3.63) is 45.1 Å². The quantitative estimate of drug-likeness (QED) is 0.502. The van der Waals surface area contributed by atoms with E-state index in [1.165, 1.54) is 29.4 Å². The monoisotopic (exact) mass is 389 g/mol. The topological polar surface area (TPSA) is 64.6 Å². The van der Waals surface area contributed by atoms with E-state index in [0.717, 1.165) is 0 Å². The van der Waals surface area contributed by atoms with Crippen LogP contribution in [0.25, 0.3) is 0 Å². The molecule has 0 aliphatic carbocycles. The van der Waals surface area contributed by atoms with Crippen LogP contribution in [0.15, 0.2) is 24.3 Å². The predicted octanol–water partition coefficient (Wildman–Crippen LogP) is 4.61. The van der Waals surface area contributed by atoms with E-state index in [4.69, 9.17) is 9.47 Å². The maximum atomic E-state index is 12.2. The van der Waals surface area contributed by atoms with Gasteiger partial charge in [0.25, 0.3) is 0 Å². The van der Waals surface area contributed by atoms with E-state index in [-0.39, 0.29) is 17.7 Å². The maximum absolute atomic E-state index is 12.2. The van der Waals surface area contributed by atoms with Crippen molar-refractivity contribution in [2.24, 2.45) is 0 Å². The fraction of sp³-hybridized carbons (Fsp3) is 0.429. The van der Waals surface area contributed by atoms with Crippen molar-refractivity contribution in [1.29, 1.82) is 0 Å². The second kappa shape index (κ2) is 9.55. The molecule has 5 nitrogen and oxygen atoms in total. The number of amides is 1. The number of carbonyl (C=O) groups excluding carboxylic acids is 2. The summed E-state index contributed by atoms with van der Waals surface area (Å²) in [5.74, 6) is 1.07. The lowest BCUT2D eigenvalue weighted by molar-refractivity contribution is -0.121. The van der Waals surface area contributed by atoms with Crippen LogP contribution in [0.1, 0.15) is 58.4 Å². The molecule has 0 unspecified atom stereocenters. The second-order valence-electron chi connectivity index (χ2n) is 6.53. The molecule has 2 aromatic rings. The van der Waals surface area contributed by atoms with Crippen LogP contribution in [0.5, 0.6) is 11.5 Å². The third-order valence-electron chi connectivity index (χ3n) is 4.30. The molecule has 1 heterocycles. The van der Waals surface area contributed by atoms with Crippen molar-refractivity contribution < 1.29 is 19.1 Å². The third-order valence-corrected chi connectivity index (χ3v) is 5.28. The molecule has 0 aliphatic heterocycles. The number of benzene rings is 1. The van der Waals surface area contributed by atoms with Gasteiger partial charge in [0.1, 0.15) is 0 Å². The van der Waals surface area contributed by atoms with Crippen LogP contribution in [0, 0.1) is 13.8 Å². The van der Waals surface area contributed by atoms with Crippen LogP contribution in [-0.2, 0) is 4.79 Å². The molecule has 0 fully saturated rings. The largest absolute Gasteiger partial charge is 0.493 e.